The van der Waals surface area contributed by atoms with Crippen molar-refractivity contribution in [1.29, 1.82) is 5.26 Å². The van der Waals surface area contributed by atoms with Gasteiger partial charge in [0, 0.05) is 44.0 Å². The Labute approximate surface area is 137 Å². The molecule has 0 bridgehead atoms. The van der Waals surface area contributed by atoms with Crippen molar-refractivity contribution >= 4 is 11.6 Å². The van der Waals surface area contributed by atoms with Gasteiger partial charge in [0.25, 0.3) is 0 Å². The summed E-state index contributed by atoms with van der Waals surface area (Å²) in [4.78, 5) is 14.7. The van der Waals surface area contributed by atoms with Gasteiger partial charge in [-0.05, 0) is 49.9 Å². The van der Waals surface area contributed by atoms with Crippen LogP contribution in [0.3, 0.4) is 0 Å². The molecule has 3 rings (SSSR count). The van der Waals surface area contributed by atoms with Gasteiger partial charge < -0.3 is 15.0 Å². The van der Waals surface area contributed by atoms with Crippen molar-refractivity contribution in [3.8, 4) is 6.07 Å². The van der Waals surface area contributed by atoms with Crippen LogP contribution in [-0.4, -0.2) is 38.3 Å². The lowest BCUT2D eigenvalue weighted by Gasteiger charge is -2.34. The van der Waals surface area contributed by atoms with Crippen LogP contribution in [0, 0.1) is 17.2 Å². The Hall–Kier alpha value is -2.06. The molecular weight excluding hydrogens is 290 g/mol. The number of carbonyl (C=O) groups excluding carboxylic acids is 1. The Morgan fingerprint density at radius 2 is 1.78 bits per heavy atom. The molecule has 0 aromatic heterocycles. The van der Waals surface area contributed by atoms with Crippen LogP contribution in [0.25, 0.3) is 0 Å². The summed E-state index contributed by atoms with van der Waals surface area (Å²) in [5.41, 5.74) is 1.81. The second kappa shape index (κ2) is 7.47. The molecule has 122 valence electrons. The maximum atomic E-state index is 12.4. The summed E-state index contributed by atoms with van der Waals surface area (Å²) in [6.07, 6.45) is 3.62. The molecule has 0 unspecified atom stereocenters. The molecule has 0 aliphatic carbocycles. The predicted octanol–water partition coefficient (Wildman–Crippen LogP) is 2.07. The number of carbonyl (C=O) groups is 1. The number of benzene rings is 1. The van der Waals surface area contributed by atoms with Crippen LogP contribution >= 0.6 is 0 Å². The smallest absolute Gasteiger partial charge is 0.223 e. The standard InChI is InChI=1S/C18H23N3O2/c19-13-14-1-3-17(4-2-14)21-9-5-15(6-10-21)18(22)20-16-7-11-23-12-8-16/h1-4,15-16H,5-12H2,(H,20,22). The normalized spacial score (nSPS) is 20.0. The third-order valence-electron chi connectivity index (χ3n) is 4.79. The summed E-state index contributed by atoms with van der Waals surface area (Å²) in [5.74, 6) is 0.323. The molecule has 23 heavy (non-hydrogen) atoms. The number of ether oxygens (including phenoxy) is 1. The average molecular weight is 313 g/mol. The Bertz CT molecular complexity index is 565. The topological polar surface area (TPSA) is 65.4 Å². The zero-order valence-corrected chi connectivity index (χ0v) is 13.3. The van der Waals surface area contributed by atoms with Gasteiger partial charge in [0.05, 0.1) is 11.6 Å². The largest absolute Gasteiger partial charge is 0.381 e. The fourth-order valence-corrected chi connectivity index (χ4v) is 3.31. The van der Waals surface area contributed by atoms with Crippen LogP contribution in [-0.2, 0) is 9.53 Å². The van der Waals surface area contributed by atoms with E-state index < -0.39 is 0 Å². The number of rotatable bonds is 3. The molecule has 2 aliphatic heterocycles. The van der Waals surface area contributed by atoms with E-state index in [-0.39, 0.29) is 17.9 Å². The third-order valence-corrected chi connectivity index (χ3v) is 4.79. The van der Waals surface area contributed by atoms with Crippen LogP contribution < -0.4 is 10.2 Å². The highest BCUT2D eigenvalue weighted by atomic mass is 16.5. The van der Waals surface area contributed by atoms with Gasteiger partial charge in [-0.3, -0.25) is 4.79 Å². The van der Waals surface area contributed by atoms with Crippen molar-refractivity contribution in [2.75, 3.05) is 31.2 Å². The molecule has 1 N–H and O–H groups in total. The molecule has 2 heterocycles. The molecule has 0 saturated carbocycles. The van der Waals surface area contributed by atoms with Crippen molar-refractivity contribution in [3.05, 3.63) is 29.8 Å². The minimum atomic E-state index is 0.118. The summed E-state index contributed by atoms with van der Waals surface area (Å²) in [6, 6.07) is 10.1. The Balaban J connectivity index is 1.49. The fraction of sp³-hybridized carbons (Fsp3) is 0.556. The molecule has 1 aromatic carbocycles. The van der Waals surface area contributed by atoms with E-state index in [1.165, 1.54) is 0 Å². The second-order valence-electron chi connectivity index (χ2n) is 6.32. The van der Waals surface area contributed by atoms with E-state index in [0.29, 0.717) is 5.56 Å². The van der Waals surface area contributed by atoms with Crippen LogP contribution in [0.2, 0.25) is 0 Å². The molecule has 2 saturated heterocycles. The summed E-state index contributed by atoms with van der Waals surface area (Å²) in [6.45, 7) is 3.28. The van der Waals surface area contributed by atoms with E-state index in [1.807, 2.05) is 24.3 Å². The van der Waals surface area contributed by atoms with E-state index >= 15 is 0 Å². The van der Waals surface area contributed by atoms with Gasteiger partial charge in [0.2, 0.25) is 5.91 Å². The monoisotopic (exact) mass is 313 g/mol. The number of nitriles is 1. The van der Waals surface area contributed by atoms with Crippen LogP contribution in [0.15, 0.2) is 24.3 Å². The fourth-order valence-electron chi connectivity index (χ4n) is 3.31. The molecule has 2 fully saturated rings. The molecule has 2 aliphatic rings. The molecule has 5 nitrogen and oxygen atoms in total. The van der Waals surface area contributed by atoms with Gasteiger partial charge in [-0.25, -0.2) is 0 Å². The lowest BCUT2D eigenvalue weighted by molar-refractivity contribution is -0.126. The molecule has 0 spiro atoms. The van der Waals surface area contributed by atoms with Crippen LogP contribution in [0.5, 0.6) is 0 Å². The van der Waals surface area contributed by atoms with Crippen molar-refractivity contribution in [1.82, 2.24) is 5.32 Å². The SMILES string of the molecule is N#Cc1ccc(N2CCC(C(=O)NC3CCOCC3)CC2)cc1. The van der Waals surface area contributed by atoms with Crippen molar-refractivity contribution in [2.45, 2.75) is 31.7 Å². The molecule has 1 aromatic rings. The van der Waals surface area contributed by atoms with Gasteiger partial charge in [-0.2, -0.15) is 5.26 Å². The van der Waals surface area contributed by atoms with Gasteiger partial charge in [0.1, 0.15) is 0 Å². The van der Waals surface area contributed by atoms with E-state index in [1.54, 1.807) is 0 Å². The van der Waals surface area contributed by atoms with Crippen LogP contribution in [0.4, 0.5) is 5.69 Å². The van der Waals surface area contributed by atoms with Gasteiger partial charge >= 0.3 is 0 Å². The summed E-state index contributed by atoms with van der Waals surface area (Å²) >= 11 is 0. The Morgan fingerprint density at radius 1 is 1.13 bits per heavy atom. The summed E-state index contributed by atoms with van der Waals surface area (Å²) < 4.78 is 5.33. The number of nitrogens with one attached hydrogen (secondary N) is 1. The number of nitrogens with zero attached hydrogens (tertiary/aromatic N) is 2. The zero-order valence-electron chi connectivity index (χ0n) is 13.3. The molecule has 5 heteroatoms. The first-order chi connectivity index (χ1) is 11.3. The number of hydrogen-bond donors (Lipinski definition) is 1. The Morgan fingerprint density at radius 3 is 2.39 bits per heavy atom. The number of piperidine rings is 1. The zero-order chi connectivity index (χ0) is 16.1. The molecule has 0 atom stereocenters. The first-order valence-corrected chi connectivity index (χ1v) is 8.39. The first kappa shape index (κ1) is 15.8. The van der Waals surface area contributed by atoms with Crippen LogP contribution in [0.1, 0.15) is 31.2 Å². The van der Waals surface area contributed by atoms with Gasteiger partial charge in [-0.15, -0.1) is 0 Å². The highest BCUT2D eigenvalue weighted by Crippen LogP contribution is 2.24. The van der Waals surface area contributed by atoms with Crippen molar-refractivity contribution < 1.29 is 9.53 Å². The summed E-state index contributed by atoms with van der Waals surface area (Å²) in [7, 11) is 0. The quantitative estimate of drug-likeness (QED) is 0.928. The first-order valence-electron chi connectivity index (χ1n) is 8.39. The lowest BCUT2D eigenvalue weighted by atomic mass is 9.94. The number of hydrogen-bond acceptors (Lipinski definition) is 4. The van der Waals surface area contributed by atoms with E-state index in [9.17, 15) is 4.79 Å². The molecule has 1 amide bonds. The van der Waals surface area contributed by atoms with Crippen molar-refractivity contribution in [2.24, 2.45) is 5.92 Å². The van der Waals surface area contributed by atoms with E-state index in [0.717, 1.165) is 57.7 Å². The maximum Gasteiger partial charge on any atom is 0.223 e. The lowest BCUT2D eigenvalue weighted by Crippen LogP contribution is -2.45. The molecular formula is C18H23N3O2. The Kier molecular flexibility index (Phi) is 5.14. The van der Waals surface area contributed by atoms with Gasteiger partial charge in [-0.1, -0.05) is 0 Å². The van der Waals surface area contributed by atoms with Crippen molar-refractivity contribution in [3.63, 3.8) is 0 Å². The third kappa shape index (κ3) is 4.02. The second-order valence-corrected chi connectivity index (χ2v) is 6.32. The number of amides is 1. The van der Waals surface area contributed by atoms with Gasteiger partial charge in [0.15, 0.2) is 0 Å². The maximum absolute atomic E-state index is 12.4. The number of anilines is 1. The van der Waals surface area contributed by atoms with E-state index in [2.05, 4.69) is 16.3 Å². The highest BCUT2D eigenvalue weighted by molar-refractivity contribution is 5.79. The average Bonchev–Trinajstić information content (AvgIpc) is 2.63. The minimum Gasteiger partial charge on any atom is -0.381 e. The molecule has 0 radical (unpaired) electrons. The van der Waals surface area contributed by atoms with E-state index in [4.69, 9.17) is 10.00 Å². The summed E-state index contributed by atoms with van der Waals surface area (Å²) in [5, 5.41) is 12.0. The minimum absolute atomic E-state index is 0.118. The highest BCUT2D eigenvalue weighted by Gasteiger charge is 2.27. The predicted molar refractivity (Wildman–Crippen MR) is 88.1 cm³/mol.